The monoisotopic (exact) mass is 527 g/mol. The lowest BCUT2D eigenvalue weighted by atomic mass is 10.2. The van der Waals surface area contributed by atoms with Gasteiger partial charge >= 0.3 is 5.97 Å². The fourth-order valence-corrected chi connectivity index (χ4v) is 8.23. The van der Waals surface area contributed by atoms with Crippen LogP contribution in [-0.4, -0.2) is 49.2 Å². The van der Waals surface area contributed by atoms with E-state index in [9.17, 15) is 13.2 Å². The molecule has 0 spiro atoms. The molecule has 1 aromatic heterocycles. The Morgan fingerprint density at radius 3 is 2.61 bits per heavy atom. The largest absolute Gasteiger partial charge is 0.482 e. The zero-order valence-corrected chi connectivity index (χ0v) is 21.8. The van der Waals surface area contributed by atoms with Crippen molar-refractivity contribution in [2.24, 2.45) is 0 Å². The van der Waals surface area contributed by atoms with Crippen molar-refractivity contribution in [2.45, 2.75) is 36.3 Å². The number of carboxylic acid groups (broad SMARTS) is 1. The summed E-state index contributed by atoms with van der Waals surface area (Å²) < 4.78 is 35.0. The first kappa shape index (κ1) is 25.8. The van der Waals surface area contributed by atoms with Gasteiger partial charge in [-0.15, -0.1) is 23.1 Å². The Labute approximate surface area is 207 Å². The molecule has 0 radical (unpaired) electrons. The van der Waals surface area contributed by atoms with Crippen LogP contribution < -0.4 is 4.74 Å². The number of aliphatic carboxylic acids is 1. The lowest BCUT2D eigenvalue weighted by molar-refractivity contribution is -0.139. The normalized spacial score (nSPS) is 11.9. The van der Waals surface area contributed by atoms with Crippen LogP contribution in [0.15, 0.2) is 45.5 Å². The molecule has 0 saturated heterocycles. The molecule has 1 N–H and O–H groups in total. The van der Waals surface area contributed by atoms with Crippen LogP contribution in [0.4, 0.5) is 0 Å². The van der Waals surface area contributed by atoms with E-state index in [0.717, 1.165) is 26.1 Å². The summed E-state index contributed by atoms with van der Waals surface area (Å²) in [6, 6.07) is 11.0. The Hall–Kier alpha value is -1.78. The van der Waals surface area contributed by atoms with Crippen LogP contribution in [0.25, 0.3) is 10.1 Å². The maximum Gasteiger partial charge on any atom is 0.341 e. The summed E-state index contributed by atoms with van der Waals surface area (Å²) >= 11 is 9.08. The van der Waals surface area contributed by atoms with E-state index in [0.29, 0.717) is 40.2 Å². The topological polar surface area (TPSA) is 83.9 Å². The molecule has 0 atom stereocenters. The molecule has 0 amide bonds. The van der Waals surface area contributed by atoms with Crippen LogP contribution in [-0.2, 0) is 14.8 Å². The minimum atomic E-state index is -3.65. The Balaban J connectivity index is 1.73. The SMILES string of the molecule is CCCN(CCSc1ccc(OCC(=O)O)c(C)c1)S(=O)(=O)c1sc2c(Cl)cccc2c1C. The number of aryl methyl sites for hydroxylation is 2. The number of rotatable bonds is 11. The van der Waals surface area contributed by atoms with E-state index < -0.39 is 16.0 Å². The minimum absolute atomic E-state index is 0.347. The van der Waals surface area contributed by atoms with Crippen LogP contribution >= 0.6 is 34.7 Å². The number of carbonyl (C=O) groups is 1. The number of thioether (sulfide) groups is 1. The number of halogens is 1. The molecule has 0 unspecified atom stereocenters. The molecule has 3 rings (SSSR count). The first-order valence-corrected chi connectivity index (χ1v) is 14.0. The van der Waals surface area contributed by atoms with Gasteiger partial charge < -0.3 is 9.84 Å². The number of fused-ring (bicyclic) bond motifs is 1. The minimum Gasteiger partial charge on any atom is -0.482 e. The van der Waals surface area contributed by atoms with Gasteiger partial charge in [0.2, 0.25) is 0 Å². The Morgan fingerprint density at radius 2 is 1.97 bits per heavy atom. The molecule has 3 aromatic rings. The molecule has 0 aliphatic heterocycles. The summed E-state index contributed by atoms with van der Waals surface area (Å²) in [4.78, 5) is 11.7. The van der Waals surface area contributed by atoms with Crippen molar-refractivity contribution < 1.29 is 23.1 Å². The highest BCUT2D eigenvalue weighted by atomic mass is 35.5. The van der Waals surface area contributed by atoms with Crippen LogP contribution in [0.5, 0.6) is 5.75 Å². The van der Waals surface area contributed by atoms with E-state index in [-0.39, 0.29) is 6.61 Å². The zero-order chi connectivity index (χ0) is 24.2. The van der Waals surface area contributed by atoms with E-state index in [4.69, 9.17) is 21.4 Å². The first-order valence-electron chi connectivity index (χ1n) is 10.4. The number of carboxylic acids is 1. The molecule has 2 aromatic carbocycles. The molecule has 0 fully saturated rings. The smallest absolute Gasteiger partial charge is 0.341 e. The molecule has 0 aliphatic rings. The van der Waals surface area contributed by atoms with Gasteiger partial charge in [-0.3, -0.25) is 0 Å². The predicted octanol–water partition coefficient (Wildman–Crippen LogP) is 5.83. The highest BCUT2D eigenvalue weighted by Crippen LogP contribution is 2.39. The summed E-state index contributed by atoms with van der Waals surface area (Å²) in [5.74, 6) is 0.0793. The number of sulfonamides is 1. The van der Waals surface area contributed by atoms with Gasteiger partial charge in [-0.2, -0.15) is 4.31 Å². The van der Waals surface area contributed by atoms with Crippen molar-refractivity contribution in [1.29, 1.82) is 0 Å². The third-order valence-corrected chi connectivity index (χ3v) is 10.3. The first-order chi connectivity index (χ1) is 15.6. The van der Waals surface area contributed by atoms with Gasteiger partial charge in [0, 0.05) is 23.7 Å². The summed E-state index contributed by atoms with van der Waals surface area (Å²) in [7, 11) is -3.65. The quantitative estimate of drug-likeness (QED) is 0.316. The van der Waals surface area contributed by atoms with Gasteiger partial charge in [-0.05, 0) is 61.0 Å². The molecule has 0 aliphatic carbocycles. The standard InChI is InChI=1S/C23H26ClNO5S3/c1-4-10-25(11-12-31-17-8-9-20(15(2)13-17)30-14-21(26)27)33(28,29)23-16(3)18-6-5-7-19(24)22(18)32-23/h5-9,13H,4,10-12,14H2,1-3H3,(H,26,27). The zero-order valence-electron chi connectivity index (χ0n) is 18.6. The van der Waals surface area contributed by atoms with Crippen LogP contribution in [0, 0.1) is 13.8 Å². The van der Waals surface area contributed by atoms with Gasteiger partial charge in [-0.1, -0.05) is 30.7 Å². The average molecular weight is 528 g/mol. The molecule has 178 valence electrons. The maximum absolute atomic E-state index is 13.5. The van der Waals surface area contributed by atoms with E-state index >= 15 is 0 Å². The van der Waals surface area contributed by atoms with E-state index in [1.165, 1.54) is 11.3 Å². The summed E-state index contributed by atoms with van der Waals surface area (Å²) in [6.45, 7) is 6.06. The van der Waals surface area contributed by atoms with E-state index in [1.807, 2.05) is 45.0 Å². The van der Waals surface area contributed by atoms with E-state index in [1.54, 1.807) is 28.2 Å². The number of ether oxygens (including phenoxy) is 1. The fraction of sp³-hybridized carbons (Fsp3) is 0.348. The highest BCUT2D eigenvalue weighted by molar-refractivity contribution is 7.99. The molecular weight excluding hydrogens is 502 g/mol. The van der Waals surface area contributed by atoms with E-state index in [2.05, 4.69) is 0 Å². The molecular formula is C23H26ClNO5S3. The van der Waals surface area contributed by atoms with Gasteiger partial charge in [0.25, 0.3) is 10.0 Å². The number of benzene rings is 2. The van der Waals surface area contributed by atoms with Gasteiger partial charge in [0.05, 0.1) is 9.72 Å². The fourth-order valence-electron chi connectivity index (χ4n) is 3.43. The maximum atomic E-state index is 13.5. The second-order valence-electron chi connectivity index (χ2n) is 7.49. The van der Waals surface area contributed by atoms with Gasteiger partial charge in [-0.25, -0.2) is 13.2 Å². The molecule has 10 heteroatoms. The van der Waals surface area contributed by atoms with Crippen molar-refractivity contribution in [2.75, 3.05) is 25.4 Å². The van der Waals surface area contributed by atoms with Crippen LogP contribution in [0.1, 0.15) is 24.5 Å². The Kier molecular flexibility index (Phi) is 8.69. The van der Waals surface area contributed by atoms with Crippen LogP contribution in [0.2, 0.25) is 5.02 Å². The number of hydrogen-bond donors (Lipinski definition) is 1. The molecule has 33 heavy (non-hydrogen) atoms. The number of thiophene rings is 1. The molecule has 0 saturated carbocycles. The van der Waals surface area contributed by atoms with Gasteiger partial charge in [0.15, 0.2) is 6.61 Å². The van der Waals surface area contributed by atoms with Gasteiger partial charge in [0.1, 0.15) is 9.96 Å². The second-order valence-corrected chi connectivity index (χ2v) is 12.2. The summed E-state index contributed by atoms with van der Waals surface area (Å²) in [5, 5.41) is 10.2. The average Bonchev–Trinajstić information content (AvgIpc) is 3.11. The number of nitrogens with zero attached hydrogens (tertiary/aromatic N) is 1. The summed E-state index contributed by atoms with van der Waals surface area (Å²) in [5.41, 5.74) is 1.57. The van der Waals surface area contributed by atoms with Crippen molar-refractivity contribution >= 4 is 60.8 Å². The Morgan fingerprint density at radius 1 is 1.21 bits per heavy atom. The number of hydrogen-bond acceptors (Lipinski definition) is 6. The highest BCUT2D eigenvalue weighted by Gasteiger charge is 2.28. The van der Waals surface area contributed by atoms with Crippen molar-refractivity contribution in [3.63, 3.8) is 0 Å². The molecule has 6 nitrogen and oxygen atoms in total. The summed E-state index contributed by atoms with van der Waals surface area (Å²) in [6.07, 6.45) is 0.712. The van der Waals surface area contributed by atoms with Crippen molar-refractivity contribution in [1.82, 2.24) is 4.31 Å². The lowest BCUT2D eigenvalue weighted by Gasteiger charge is -2.21. The molecule has 0 bridgehead atoms. The molecule has 1 heterocycles. The second kappa shape index (κ2) is 11.1. The Bertz CT molecular complexity index is 1260. The predicted molar refractivity (Wildman–Crippen MR) is 136 cm³/mol. The lowest BCUT2D eigenvalue weighted by Crippen LogP contribution is -2.33. The van der Waals surface area contributed by atoms with Crippen molar-refractivity contribution in [3.8, 4) is 5.75 Å². The van der Waals surface area contributed by atoms with Crippen molar-refractivity contribution in [3.05, 3.63) is 52.5 Å². The third-order valence-electron chi connectivity index (χ3n) is 5.03. The third kappa shape index (κ3) is 6.02. The van der Waals surface area contributed by atoms with Crippen LogP contribution in [0.3, 0.4) is 0 Å².